The zero-order valence-corrected chi connectivity index (χ0v) is 18.2. The van der Waals surface area contributed by atoms with E-state index in [1.54, 1.807) is 6.26 Å². The summed E-state index contributed by atoms with van der Waals surface area (Å²) in [4.78, 5) is 23.0. The summed E-state index contributed by atoms with van der Waals surface area (Å²) in [5, 5.41) is 17.7. The molecule has 168 valence electrons. The first-order valence-electron chi connectivity index (χ1n) is 9.42. The molecule has 3 rings (SSSR count). The highest BCUT2D eigenvalue weighted by molar-refractivity contribution is 7.91. The fourth-order valence-corrected chi connectivity index (χ4v) is 5.20. The molecule has 1 aliphatic rings. The average molecular weight is 472 g/mol. The second-order valence-corrected chi connectivity index (χ2v) is 9.32. The topological polar surface area (TPSA) is 147 Å². The Morgan fingerprint density at radius 2 is 2.10 bits per heavy atom. The number of rotatable bonds is 6. The number of amides is 3. The number of hydrogen-bond donors (Lipinski definition) is 4. The van der Waals surface area contributed by atoms with Crippen LogP contribution in [0.15, 0.2) is 33.8 Å². The van der Waals surface area contributed by atoms with Crippen LogP contribution >= 0.6 is 11.6 Å². The number of carbonyl (C=O) groups excluding carboxylic acids is 2. The molecule has 0 radical (unpaired) electrons. The summed E-state index contributed by atoms with van der Waals surface area (Å²) in [7, 11) is -2.94. The molecule has 0 fully saturated rings. The number of halogens is 1. The molecular weight excluding hydrogens is 450 g/mol. The summed E-state index contributed by atoms with van der Waals surface area (Å²) in [6.45, 7) is -0.254. The van der Waals surface area contributed by atoms with Crippen LogP contribution in [-0.2, 0) is 21.0 Å². The predicted octanol–water partition coefficient (Wildman–Crippen LogP) is 2.97. The molecule has 1 aromatic carbocycles. The van der Waals surface area contributed by atoms with Gasteiger partial charge in [-0.2, -0.15) is 0 Å². The second-order valence-electron chi connectivity index (χ2n) is 6.86. The van der Waals surface area contributed by atoms with Crippen LogP contribution in [0.4, 0.5) is 15.3 Å². The number of alkyl carbamates (subject to hydrolysis) is 1. The molecule has 12 heteroatoms. The molecule has 0 aliphatic heterocycles. The standard InChI is InChI=1S/C19H22ClN3O7S/c1-29-19(26)21-8-10-31(27,28)17-12(20)5-6-13(15(17)24)22-18(25)23-14-4-2-3-11-7-9-30-16(11)14/h5-7,9,14,24H,2-4,8,10H2,1H3,(H,21,26)(H2,22,23,25)/t14-/m1/s1. The van der Waals surface area contributed by atoms with Crippen LogP contribution in [0.2, 0.25) is 5.02 Å². The lowest BCUT2D eigenvalue weighted by atomic mass is 9.94. The van der Waals surface area contributed by atoms with Gasteiger partial charge in [0.05, 0.1) is 35.9 Å². The van der Waals surface area contributed by atoms with Crippen LogP contribution in [0.25, 0.3) is 0 Å². The van der Waals surface area contributed by atoms with Gasteiger partial charge in [0.1, 0.15) is 10.7 Å². The Bertz CT molecular complexity index is 1080. The van der Waals surface area contributed by atoms with Crippen molar-refractivity contribution in [3.63, 3.8) is 0 Å². The van der Waals surface area contributed by atoms with Gasteiger partial charge in [0.2, 0.25) is 0 Å². The fourth-order valence-electron chi connectivity index (χ4n) is 3.35. The molecule has 1 aliphatic carbocycles. The number of anilines is 1. The highest BCUT2D eigenvalue weighted by Gasteiger charge is 2.27. The van der Waals surface area contributed by atoms with Gasteiger partial charge >= 0.3 is 12.1 Å². The van der Waals surface area contributed by atoms with Gasteiger partial charge in [-0.25, -0.2) is 18.0 Å². The SMILES string of the molecule is COC(=O)NCCS(=O)(=O)c1c(Cl)ccc(NC(=O)N[C@@H]2CCCc3ccoc32)c1O. The van der Waals surface area contributed by atoms with Crippen molar-refractivity contribution >= 4 is 39.2 Å². The van der Waals surface area contributed by atoms with E-state index < -0.39 is 38.4 Å². The summed E-state index contributed by atoms with van der Waals surface area (Å²) in [6, 6.07) is 3.44. The van der Waals surface area contributed by atoms with E-state index in [0.717, 1.165) is 25.5 Å². The number of aryl methyl sites for hydroxylation is 1. The maximum atomic E-state index is 12.6. The van der Waals surface area contributed by atoms with Crippen LogP contribution in [0.5, 0.6) is 5.75 Å². The van der Waals surface area contributed by atoms with E-state index >= 15 is 0 Å². The third-order valence-electron chi connectivity index (χ3n) is 4.81. The molecule has 0 spiro atoms. The van der Waals surface area contributed by atoms with Crippen molar-refractivity contribution in [1.29, 1.82) is 0 Å². The van der Waals surface area contributed by atoms with Gasteiger partial charge in [0.25, 0.3) is 0 Å². The number of carbonyl (C=O) groups is 2. The van der Waals surface area contributed by atoms with Gasteiger partial charge in [0, 0.05) is 6.54 Å². The van der Waals surface area contributed by atoms with Gasteiger partial charge in [0.15, 0.2) is 15.6 Å². The third-order valence-corrected chi connectivity index (χ3v) is 7.01. The number of hydrogen-bond acceptors (Lipinski definition) is 7. The Labute approximate surface area is 183 Å². The smallest absolute Gasteiger partial charge is 0.406 e. The quantitative estimate of drug-likeness (QED) is 0.473. The Kier molecular flexibility index (Phi) is 6.96. The van der Waals surface area contributed by atoms with Gasteiger partial charge in [-0.3, -0.25) is 0 Å². The largest absolute Gasteiger partial charge is 0.504 e. The lowest BCUT2D eigenvalue weighted by molar-refractivity contribution is 0.171. The zero-order valence-electron chi connectivity index (χ0n) is 16.6. The van der Waals surface area contributed by atoms with Crippen molar-refractivity contribution in [2.75, 3.05) is 24.7 Å². The van der Waals surface area contributed by atoms with Crippen molar-refractivity contribution in [3.05, 3.63) is 40.8 Å². The van der Waals surface area contributed by atoms with E-state index in [9.17, 15) is 23.1 Å². The summed E-state index contributed by atoms with van der Waals surface area (Å²) in [6.07, 6.45) is 3.22. The number of urea groups is 1. The monoisotopic (exact) mass is 471 g/mol. The third kappa shape index (κ3) is 5.23. The highest BCUT2D eigenvalue weighted by atomic mass is 35.5. The van der Waals surface area contributed by atoms with Crippen LogP contribution < -0.4 is 16.0 Å². The molecule has 4 N–H and O–H groups in total. The minimum absolute atomic E-state index is 0.128. The minimum Gasteiger partial charge on any atom is -0.504 e. The number of phenolic OH excluding ortho intramolecular Hbond substituents is 1. The Hall–Kier alpha value is -2.92. The lowest BCUT2D eigenvalue weighted by Gasteiger charge is -2.22. The molecule has 10 nitrogen and oxygen atoms in total. The van der Waals surface area contributed by atoms with E-state index in [0.29, 0.717) is 12.2 Å². The van der Waals surface area contributed by atoms with Crippen molar-refractivity contribution in [2.45, 2.75) is 30.2 Å². The zero-order chi connectivity index (χ0) is 22.6. The van der Waals surface area contributed by atoms with Gasteiger partial charge < -0.3 is 30.2 Å². The Morgan fingerprint density at radius 3 is 2.84 bits per heavy atom. The normalized spacial score (nSPS) is 15.6. The first-order valence-corrected chi connectivity index (χ1v) is 11.5. The number of benzene rings is 1. The second kappa shape index (κ2) is 9.48. The number of fused-ring (bicyclic) bond motifs is 1. The Morgan fingerprint density at radius 1 is 1.32 bits per heavy atom. The number of furan rings is 1. The number of sulfone groups is 1. The molecule has 3 amide bonds. The van der Waals surface area contributed by atoms with Crippen molar-refractivity contribution < 1.29 is 32.3 Å². The lowest BCUT2D eigenvalue weighted by Crippen LogP contribution is -2.34. The molecule has 0 bridgehead atoms. The van der Waals surface area contributed by atoms with E-state index in [2.05, 4.69) is 20.7 Å². The van der Waals surface area contributed by atoms with Crippen LogP contribution in [0.1, 0.15) is 30.2 Å². The van der Waals surface area contributed by atoms with E-state index in [-0.39, 0.29) is 23.3 Å². The number of ether oxygens (including phenoxy) is 1. The summed E-state index contributed by atoms with van der Waals surface area (Å²) >= 11 is 6.00. The first kappa shape index (κ1) is 22.8. The number of aromatic hydroxyl groups is 1. The van der Waals surface area contributed by atoms with Crippen LogP contribution in [-0.4, -0.2) is 45.1 Å². The molecule has 1 aromatic heterocycles. The van der Waals surface area contributed by atoms with Gasteiger partial charge in [-0.15, -0.1) is 0 Å². The van der Waals surface area contributed by atoms with Crippen molar-refractivity contribution in [2.24, 2.45) is 0 Å². The first-order chi connectivity index (χ1) is 14.7. The fraction of sp³-hybridized carbons (Fsp3) is 0.368. The molecule has 31 heavy (non-hydrogen) atoms. The number of methoxy groups -OCH3 is 1. The molecule has 1 heterocycles. The van der Waals surface area contributed by atoms with E-state index in [4.69, 9.17) is 16.0 Å². The highest BCUT2D eigenvalue weighted by Crippen LogP contribution is 2.37. The molecular formula is C19H22ClN3O7S. The molecule has 0 saturated heterocycles. The number of phenols is 1. The molecule has 1 atom stereocenters. The van der Waals surface area contributed by atoms with E-state index in [1.807, 2.05) is 6.07 Å². The minimum atomic E-state index is -4.08. The predicted molar refractivity (Wildman–Crippen MR) is 112 cm³/mol. The molecule has 0 saturated carbocycles. The molecule has 0 unspecified atom stereocenters. The Balaban J connectivity index is 1.73. The maximum absolute atomic E-state index is 12.6. The average Bonchev–Trinajstić information content (AvgIpc) is 3.19. The van der Waals surface area contributed by atoms with Gasteiger partial charge in [-0.1, -0.05) is 11.6 Å². The molecule has 2 aromatic rings. The van der Waals surface area contributed by atoms with Crippen molar-refractivity contribution in [1.82, 2.24) is 10.6 Å². The summed E-state index contributed by atoms with van der Waals surface area (Å²) in [5.74, 6) is -0.542. The summed E-state index contributed by atoms with van der Waals surface area (Å²) in [5.41, 5.74) is 0.900. The number of nitrogens with one attached hydrogen (secondary N) is 3. The summed E-state index contributed by atoms with van der Waals surface area (Å²) < 4.78 is 35.1. The van der Waals surface area contributed by atoms with Crippen LogP contribution in [0, 0.1) is 0 Å². The van der Waals surface area contributed by atoms with E-state index in [1.165, 1.54) is 12.1 Å². The van der Waals surface area contributed by atoms with Crippen molar-refractivity contribution in [3.8, 4) is 5.75 Å². The van der Waals surface area contributed by atoms with Gasteiger partial charge in [-0.05, 0) is 43.0 Å². The maximum Gasteiger partial charge on any atom is 0.406 e. The van der Waals surface area contributed by atoms with Crippen LogP contribution in [0.3, 0.4) is 0 Å².